The van der Waals surface area contributed by atoms with Gasteiger partial charge in [0.25, 0.3) is 5.91 Å². The van der Waals surface area contributed by atoms with Crippen LogP contribution in [0.3, 0.4) is 0 Å². The summed E-state index contributed by atoms with van der Waals surface area (Å²) in [5, 5.41) is 2.97. The molecule has 1 saturated heterocycles. The Kier molecular flexibility index (Phi) is 6.79. The predicted octanol–water partition coefficient (Wildman–Crippen LogP) is 3.95. The van der Waals surface area contributed by atoms with Gasteiger partial charge >= 0.3 is 0 Å². The van der Waals surface area contributed by atoms with Crippen LogP contribution in [0.1, 0.15) is 22.3 Å². The minimum absolute atomic E-state index is 0.141. The van der Waals surface area contributed by atoms with Crippen LogP contribution >= 0.6 is 0 Å². The number of para-hydroxylation sites is 1. The minimum atomic E-state index is -0.141. The van der Waals surface area contributed by atoms with E-state index in [4.69, 9.17) is 4.74 Å². The van der Waals surface area contributed by atoms with Gasteiger partial charge in [0, 0.05) is 37.9 Å². The van der Waals surface area contributed by atoms with Crippen LogP contribution in [-0.2, 0) is 6.54 Å². The van der Waals surface area contributed by atoms with Gasteiger partial charge in [0.15, 0.2) is 0 Å². The number of aromatic nitrogens is 1. The molecule has 1 aliphatic rings. The number of carbonyl (C=O) groups is 1. The maximum Gasteiger partial charge on any atom is 0.251 e. The molecule has 1 N–H and O–H groups in total. The fraction of sp³-hybridized carbons (Fsp3) is 0.280. The Hall–Kier alpha value is -3.38. The summed E-state index contributed by atoms with van der Waals surface area (Å²) in [7, 11) is 2.16. The Labute approximate surface area is 183 Å². The lowest BCUT2D eigenvalue weighted by Crippen LogP contribution is -2.29. The van der Waals surface area contributed by atoms with Crippen LogP contribution in [0.25, 0.3) is 0 Å². The molecule has 31 heavy (non-hydrogen) atoms. The van der Waals surface area contributed by atoms with Gasteiger partial charge in [-0.05, 0) is 62.0 Å². The molecule has 1 amide bonds. The second-order valence-corrected chi connectivity index (χ2v) is 7.79. The Morgan fingerprint density at radius 1 is 0.968 bits per heavy atom. The third kappa shape index (κ3) is 5.83. The van der Waals surface area contributed by atoms with E-state index in [1.54, 1.807) is 12.1 Å². The largest absolute Gasteiger partial charge is 0.457 e. The maximum absolute atomic E-state index is 12.6. The van der Waals surface area contributed by atoms with Gasteiger partial charge < -0.3 is 19.9 Å². The molecule has 0 spiro atoms. The first kappa shape index (κ1) is 20.9. The van der Waals surface area contributed by atoms with Crippen molar-refractivity contribution in [2.45, 2.75) is 13.0 Å². The van der Waals surface area contributed by atoms with E-state index < -0.39 is 0 Å². The van der Waals surface area contributed by atoms with Crippen LogP contribution in [0.2, 0.25) is 0 Å². The van der Waals surface area contributed by atoms with Crippen LogP contribution in [0, 0.1) is 0 Å². The number of carbonyl (C=O) groups excluding carboxylic acids is 1. The highest BCUT2D eigenvalue weighted by molar-refractivity contribution is 5.94. The molecule has 0 radical (unpaired) electrons. The number of nitrogens with one attached hydrogen (secondary N) is 1. The van der Waals surface area contributed by atoms with Gasteiger partial charge in [-0.2, -0.15) is 0 Å². The lowest BCUT2D eigenvalue weighted by atomic mass is 10.2. The van der Waals surface area contributed by atoms with Gasteiger partial charge in [-0.3, -0.25) is 4.79 Å². The third-order valence-electron chi connectivity index (χ3n) is 5.38. The molecular weight excluding hydrogens is 388 g/mol. The molecule has 0 bridgehead atoms. The summed E-state index contributed by atoms with van der Waals surface area (Å²) in [5.41, 5.74) is 1.53. The number of hydrogen-bond donors (Lipinski definition) is 1. The van der Waals surface area contributed by atoms with Gasteiger partial charge in [0.05, 0.1) is 0 Å². The highest BCUT2D eigenvalue weighted by Gasteiger charge is 2.13. The molecule has 1 aliphatic heterocycles. The van der Waals surface area contributed by atoms with Crippen molar-refractivity contribution in [1.82, 2.24) is 15.2 Å². The van der Waals surface area contributed by atoms with E-state index in [0.29, 0.717) is 17.9 Å². The summed E-state index contributed by atoms with van der Waals surface area (Å²) in [6.45, 7) is 4.61. The zero-order valence-corrected chi connectivity index (χ0v) is 17.8. The number of amides is 1. The number of rotatable bonds is 6. The van der Waals surface area contributed by atoms with Gasteiger partial charge in [-0.1, -0.05) is 30.3 Å². The normalized spacial score (nSPS) is 14.7. The van der Waals surface area contributed by atoms with E-state index in [-0.39, 0.29) is 5.91 Å². The molecule has 0 aliphatic carbocycles. The highest BCUT2D eigenvalue weighted by Crippen LogP contribution is 2.22. The van der Waals surface area contributed by atoms with Crippen molar-refractivity contribution >= 4 is 11.7 Å². The van der Waals surface area contributed by atoms with Crippen LogP contribution in [0.5, 0.6) is 11.5 Å². The first-order valence-corrected chi connectivity index (χ1v) is 10.7. The molecule has 1 aromatic heterocycles. The quantitative estimate of drug-likeness (QED) is 0.660. The van der Waals surface area contributed by atoms with Gasteiger partial charge in [-0.25, -0.2) is 4.98 Å². The molecule has 0 unspecified atom stereocenters. The minimum Gasteiger partial charge on any atom is -0.457 e. The molecular formula is C25H28N4O2. The summed E-state index contributed by atoms with van der Waals surface area (Å²) in [6, 6.07) is 20.8. The predicted molar refractivity (Wildman–Crippen MR) is 123 cm³/mol. The van der Waals surface area contributed by atoms with Crippen molar-refractivity contribution in [3.8, 4) is 11.5 Å². The molecule has 3 aromatic rings. The van der Waals surface area contributed by atoms with E-state index >= 15 is 0 Å². The molecule has 160 valence electrons. The smallest absolute Gasteiger partial charge is 0.251 e. The Morgan fingerprint density at radius 2 is 1.81 bits per heavy atom. The number of benzene rings is 2. The maximum atomic E-state index is 12.6. The van der Waals surface area contributed by atoms with Gasteiger partial charge in [0.1, 0.15) is 17.3 Å². The van der Waals surface area contributed by atoms with Gasteiger partial charge in [-0.15, -0.1) is 0 Å². The van der Waals surface area contributed by atoms with E-state index in [0.717, 1.165) is 49.7 Å². The molecule has 4 rings (SSSR count). The number of nitrogens with zero attached hydrogens (tertiary/aromatic N) is 3. The van der Waals surface area contributed by atoms with Crippen LogP contribution in [-0.4, -0.2) is 49.0 Å². The number of pyridine rings is 1. The zero-order chi connectivity index (χ0) is 21.5. The van der Waals surface area contributed by atoms with E-state index in [9.17, 15) is 4.79 Å². The van der Waals surface area contributed by atoms with Crippen LogP contribution in [0.4, 0.5) is 5.82 Å². The number of anilines is 1. The van der Waals surface area contributed by atoms with E-state index in [1.807, 2.05) is 60.8 Å². The van der Waals surface area contributed by atoms with Crippen molar-refractivity contribution in [1.29, 1.82) is 0 Å². The fourth-order valence-electron chi connectivity index (χ4n) is 3.59. The molecule has 1 fully saturated rings. The lowest BCUT2D eigenvalue weighted by molar-refractivity contribution is 0.0950. The van der Waals surface area contributed by atoms with E-state index in [1.165, 1.54) is 0 Å². The molecule has 2 heterocycles. The summed E-state index contributed by atoms with van der Waals surface area (Å²) in [4.78, 5) is 21.9. The highest BCUT2D eigenvalue weighted by atomic mass is 16.5. The first-order valence-electron chi connectivity index (χ1n) is 10.7. The Balaban J connectivity index is 1.33. The first-order chi connectivity index (χ1) is 15.2. The summed E-state index contributed by atoms with van der Waals surface area (Å²) < 4.78 is 5.82. The second kappa shape index (κ2) is 10.1. The Bertz CT molecular complexity index is 992. The van der Waals surface area contributed by atoms with Crippen LogP contribution < -0.4 is 15.0 Å². The molecule has 2 aromatic carbocycles. The fourth-order valence-corrected chi connectivity index (χ4v) is 3.59. The monoisotopic (exact) mass is 416 g/mol. The number of hydrogen-bond acceptors (Lipinski definition) is 5. The summed E-state index contributed by atoms with van der Waals surface area (Å²) >= 11 is 0. The third-order valence-corrected chi connectivity index (χ3v) is 5.38. The average molecular weight is 417 g/mol. The molecule has 6 heteroatoms. The summed E-state index contributed by atoms with van der Waals surface area (Å²) in [6.07, 6.45) is 2.99. The Morgan fingerprint density at radius 3 is 2.61 bits per heavy atom. The lowest BCUT2D eigenvalue weighted by Gasteiger charge is -2.21. The van der Waals surface area contributed by atoms with Crippen molar-refractivity contribution in [3.63, 3.8) is 0 Å². The topological polar surface area (TPSA) is 57.7 Å². The van der Waals surface area contributed by atoms with E-state index in [2.05, 4.69) is 27.1 Å². The van der Waals surface area contributed by atoms with Gasteiger partial charge in [0.2, 0.25) is 0 Å². The second-order valence-electron chi connectivity index (χ2n) is 7.79. The van der Waals surface area contributed by atoms with Crippen molar-refractivity contribution < 1.29 is 9.53 Å². The molecule has 0 saturated carbocycles. The number of likely N-dealkylation sites (N-methyl/N-ethyl adjacent to an activating group) is 1. The zero-order valence-electron chi connectivity index (χ0n) is 17.8. The van der Waals surface area contributed by atoms with Crippen molar-refractivity contribution in [2.24, 2.45) is 0 Å². The van der Waals surface area contributed by atoms with Crippen molar-refractivity contribution in [2.75, 3.05) is 38.1 Å². The number of ether oxygens (including phenoxy) is 1. The molecule has 0 atom stereocenters. The van der Waals surface area contributed by atoms with Crippen molar-refractivity contribution in [3.05, 3.63) is 84.1 Å². The molecule has 6 nitrogen and oxygen atoms in total. The summed E-state index contributed by atoms with van der Waals surface area (Å²) in [5.74, 6) is 2.23. The van der Waals surface area contributed by atoms with Crippen LogP contribution in [0.15, 0.2) is 72.9 Å². The average Bonchev–Trinajstić information content (AvgIpc) is 3.03. The SMILES string of the molecule is CN1CCCN(c2ccc(CNC(=O)c3cccc(Oc4ccccc4)c3)cn2)CC1. The standard InChI is InChI=1S/C25H28N4O2/c1-28-13-6-14-29(16-15-28)24-12-11-20(18-26-24)19-27-25(30)21-7-5-10-23(17-21)31-22-8-3-2-4-9-22/h2-5,7-12,17-18H,6,13-16,19H2,1H3,(H,27,30).